The number of nitrogens with one attached hydrogen (secondary N) is 1. The number of amides is 1. The molecule has 22 heavy (non-hydrogen) atoms. The number of aryl methyl sites for hydroxylation is 1. The molecule has 4 nitrogen and oxygen atoms in total. The van der Waals surface area contributed by atoms with E-state index >= 15 is 0 Å². The number of benzene rings is 1. The summed E-state index contributed by atoms with van der Waals surface area (Å²) in [6.45, 7) is 1.93. The Balaban J connectivity index is 1.85. The average Bonchev–Trinajstić information content (AvgIpc) is 2.52. The van der Waals surface area contributed by atoms with Gasteiger partial charge in [-0.3, -0.25) is 9.78 Å². The van der Waals surface area contributed by atoms with Crippen molar-refractivity contribution in [3.63, 3.8) is 0 Å². The molecule has 116 valence electrons. The van der Waals surface area contributed by atoms with Crippen molar-refractivity contribution < 1.29 is 9.90 Å². The van der Waals surface area contributed by atoms with Gasteiger partial charge in [0.1, 0.15) is 0 Å². The largest absolute Gasteiger partial charge is 0.388 e. The number of carbonyl (C=O) groups excluding carboxylic acids is 1. The SMILES string of the molecule is C[C@](O)(CCc1ccccc1)CNC(=O)c1cncc(Br)c1. The number of halogens is 1. The van der Waals surface area contributed by atoms with Crippen LogP contribution < -0.4 is 5.32 Å². The van der Waals surface area contributed by atoms with Gasteiger partial charge in [-0.25, -0.2) is 0 Å². The lowest BCUT2D eigenvalue weighted by atomic mass is 9.96. The van der Waals surface area contributed by atoms with E-state index in [1.165, 1.54) is 11.8 Å². The lowest BCUT2D eigenvalue weighted by Crippen LogP contribution is -2.41. The van der Waals surface area contributed by atoms with E-state index in [1.54, 1.807) is 19.2 Å². The van der Waals surface area contributed by atoms with Crippen molar-refractivity contribution in [1.29, 1.82) is 0 Å². The van der Waals surface area contributed by atoms with Gasteiger partial charge in [-0.05, 0) is 47.3 Å². The van der Waals surface area contributed by atoms with Crippen molar-refractivity contribution in [2.75, 3.05) is 6.54 Å². The number of aromatic nitrogens is 1. The van der Waals surface area contributed by atoms with E-state index in [4.69, 9.17) is 0 Å². The lowest BCUT2D eigenvalue weighted by Gasteiger charge is -2.23. The molecule has 1 aromatic heterocycles. The topological polar surface area (TPSA) is 62.2 Å². The van der Waals surface area contributed by atoms with Gasteiger partial charge < -0.3 is 10.4 Å². The number of pyridine rings is 1. The van der Waals surface area contributed by atoms with Crippen molar-refractivity contribution in [3.05, 3.63) is 64.4 Å². The summed E-state index contributed by atoms with van der Waals surface area (Å²) in [5, 5.41) is 13.1. The molecule has 0 aliphatic heterocycles. The Morgan fingerprint density at radius 1 is 1.32 bits per heavy atom. The zero-order valence-electron chi connectivity index (χ0n) is 12.4. The molecule has 0 aliphatic carbocycles. The fourth-order valence-electron chi connectivity index (χ4n) is 2.06. The third-order valence-electron chi connectivity index (χ3n) is 3.39. The van der Waals surface area contributed by atoms with Crippen LogP contribution in [0.1, 0.15) is 29.3 Å². The quantitative estimate of drug-likeness (QED) is 0.830. The van der Waals surface area contributed by atoms with Crippen molar-refractivity contribution in [2.45, 2.75) is 25.4 Å². The molecule has 0 saturated heterocycles. The molecule has 5 heteroatoms. The maximum Gasteiger partial charge on any atom is 0.252 e. The number of nitrogens with zero attached hydrogens (tertiary/aromatic N) is 1. The van der Waals surface area contributed by atoms with Crippen molar-refractivity contribution in [3.8, 4) is 0 Å². The summed E-state index contributed by atoms with van der Waals surface area (Å²) in [6, 6.07) is 11.7. The van der Waals surface area contributed by atoms with Crippen LogP contribution in [0, 0.1) is 0 Å². The Morgan fingerprint density at radius 3 is 2.73 bits per heavy atom. The third-order valence-corrected chi connectivity index (χ3v) is 3.83. The van der Waals surface area contributed by atoms with E-state index in [1.807, 2.05) is 30.3 Å². The molecule has 1 atom stereocenters. The fraction of sp³-hybridized carbons (Fsp3) is 0.294. The zero-order valence-corrected chi connectivity index (χ0v) is 14.0. The molecule has 1 aromatic carbocycles. The average molecular weight is 363 g/mol. The minimum Gasteiger partial charge on any atom is -0.388 e. The van der Waals surface area contributed by atoms with E-state index < -0.39 is 5.60 Å². The summed E-state index contributed by atoms with van der Waals surface area (Å²) in [5.41, 5.74) is 0.684. The normalized spacial score (nSPS) is 13.4. The standard InChI is InChI=1S/C17H19BrN2O2/c1-17(22,8-7-13-5-3-2-4-6-13)12-20-16(21)14-9-15(18)11-19-10-14/h2-6,9-11,22H,7-8,12H2,1H3,(H,20,21)/t17-/m0/s1. The monoisotopic (exact) mass is 362 g/mol. The molecule has 0 unspecified atom stereocenters. The lowest BCUT2D eigenvalue weighted by molar-refractivity contribution is 0.0478. The Bertz CT molecular complexity index is 630. The Morgan fingerprint density at radius 2 is 2.05 bits per heavy atom. The van der Waals surface area contributed by atoms with E-state index in [2.05, 4.69) is 26.2 Å². The van der Waals surface area contributed by atoms with E-state index in [0.29, 0.717) is 12.0 Å². The first-order chi connectivity index (χ1) is 10.5. The first kappa shape index (κ1) is 16.6. The van der Waals surface area contributed by atoms with Crippen LogP contribution in [0.5, 0.6) is 0 Å². The molecule has 0 spiro atoms. The number of hydrogen-bond donors (Lipinski definition) is 2. The second kappa shape index (κ2) is 7.51. The maximum atomic E-state index is 12.0. The molecular weight excluding hydrogens is 344 g/mol. The molecule has 0 fully saturated rings. The van der Waals surface area contributed by atoms with Gasteiger partial charge in [0, 0.05) is 23.4 Å². The van der Waals surface area contributed by atoms with Crippen molar-refractivity contribution in [2.24, 2.45) is 0 Å². The number of hydrogen-bond acceptors (Lipinski definition) is 3. The Hall–Kier alpha value is -1.72. The highest BCUT2D eigenvalue weighted by Crippen LogP contribution is 2.14. The van der Waals surface area contributed by atoms with Gasteiger partial charge >= 0.3 is 0 Å². The fourth-order valence-corrected chi connectivity index (χ4v) is 2.42. The van der Waals surface area contributed by atoms with Gasteiger partial charge in [0.05, 0.1) is 11.2 Å². The highest BCUT2D eigenvalue weighted by molar-refractivity contribution is 9.10. The van der Waals surface area contributed by atoms with Crippen molar-refractivity contribution >= 4 is 21.8 Å². The Kier molecular flexibility index (Phi) is 5.69. The molecule has 1 amide bonds. The maximum absolute atomic E-state index is 12.0. The van der Waals surface area contributed by atoms with Crippen molar-refractivity contribution in [1.82, 2.24) is 10.3 Å². The second-order valence-corrected chi connectivity index (χ2v) is 6.47. The predicted octanol–water partition coefficient (Wildman–Crippen LogP) is 2.96. The van der Waals surface area contributed by atoms with E-state index in [9.17, 15) is 9.90 Å². The molecule has 0 saturated carbocycles. The molecule has 2 N–H and O–H groups in total. The number of carbonyl (C=O) groups is 1. The molecule has 0 bridgehead atoms. The summed E-state index contributed by atoms with van der Waals surface area (Å²) >= 11 is 3.28. The van der Waals surface area contributed by atoms with Gasteiger partial charge in [0.15, 0.2) is 0 Å². The van der Waals surface area contributed by atoms with Gasteiger partial charge in [0.25, 0.3) is 5.91 Å². The van der Waals surface area contributed by atoms with E-state index in [0.717, 1.165) is 10.9 Å². The second-order valence-electron chi connectivity index (χ2n) is 5.56. The van der Waals surface area contributed by atoms with Gasteiger partial charge in [-0.15, -0.1) is 0 Å². The third kappa shape index (κ3) is 5.24. The van der Waals surface area contributed by atoms with Gasteiger partial charge in [0.2, 0.25) is 0 Å². The van der Waals surface area contributed by atoms with Crippen LogP contribution in [0.3, 0.4) is 0 Å². The van der Waals surface area contributed by atoms with Crippen LogP contribution in [-0.2, 0) is 6.42 Å². The van der Waals surface area contributed by atoms with Crippen LogP contribution in [0.4, 0.5) is 0 Å². The molecule has 2 rings (SSSR count). The zero-order chi connectivity index (χ0) is 16.0. The molecule has 0 radical (unpaired) electrons. The van der Waals surface area contributed by atoms with Crippen LogP contribution in [0.25, 0.3) is 0 Å². The smallest absolute Gasteiger partial charge is 0.252 e. The summed E-state index contributed by atoms with van der Waals surface area (Å²) < 4.78 is 0.746. The summed E-state index contributed by atoms with van der Waals surface area (Å²) in [6.07, 6.45) is 4.46. The minimum absolute atomic E-state index is 0.200. The Labute approximate surface area is 138 Å². The van der Waals surface area contributed by atoms with Crippen LogP contribution >= 0.6 is 15.9 Å². The predicted molar refractivity (Wildman–Crippen MR) is 89.7 cm³/mol. The highest BCUT2D eigenvalue weighted by Gasteiger charge is 2.21. The number of aliphatic hydroxyl groups is 1. The molecule has 0 aliphatic rings. The molecule has 2 aromatic rings. The van der Waals surface area contributed by atoms with Crippen LogP contribution in [0.15, 0.2) is 53.3 Å². The molecule has 1 heterocycles. The van der Waals surface area contributed by atoms with Gasteiger partial charge in [-0.2, -0.15) is 0 Å². The molecular formula is C17H19BrN2O2. The first-order valence-corrected chi connectivity index (χ1v) is 7.91. The first-order valence-electron chi connectivity index (χ1n) is 7.11. The highest BCUT2D eigenvalue weighted by atomic mass is 79.9. The van der Waals surface area contributed by atoms with Gasteiger partial charge in [-0.1, -0.05) is 30.3 Å². The summed E-state index contributed by atoms with van der Waals surface area (Å²) in [5.74, 6) is -0.242. The summed E-state index contributed by atoms with van der Waals surface area (Å²) in [7, 11) is 0. The van der Waals surface area contributed by atoms with Crippen LogP contribution in [-0.4, -0.2) is 28.1 Å². The van der Waals surface area contributed by atoms with E-state index in [-0.39, 0.29) is 12.5 Å². The number of rotatable bonds is 6. The summed E-state index contributed by atoms with van der Waals surface area (Å²) in [4.78, 5) is 16.0. The van der Waals surface area contributed by atoms with Crippen LogP contribution in [0.2, 0.25) is 0 Å². The minimum atomic E-state index is -0.953.